The van der Waals surface area contributed by atoms with Crippen LogP contribution < -0.4 is 0 Å². The molecule has 0 atom stereocenters. The summed E-state index contributed by atoms with van der Waals surface area (Å²) in [5.74, 6) is 0. The summed E-state index contributed by atoms with van der Waals surface area (Å²) in [6.07, 6.45) is 15.1. The highest BCUT2D eigenvalue weighted by molar-refractivity contribution is 14.1. The first-order valence-corrected chi connectivity index (χ1v) is 13.7. The maximum Gasteiger partial charge on any atom is 0.500 e. The van der Waals surface area contributed by atoms with Crippen molar-refractivity contribution < 1.29 is 13.3 Å². The molecule has 146 valence electrons. The number of hydrogen-bond acceptors (Lipinski definition) is 3. The first kappa shape index (κ1) is 24.8. The minimum absolute atomic E-state index is 0.685. The molecule has 0 aromatic rings. The van der Waals surface area contributed by atoms with Gasteiger partial charge >= 0.3 is 8.80 Å². The average Bonchev–Trinajstić information content (AvgIpc) is 2.56. The molecule has 0 rings (SSSR count). The highest BCUT2D eigenvalue weighted by atomic mass is 127. The standard InChI is InChI=1S/C19H41IO3Si/c1-4-21-24(22-5-2,23-6-3)19-17-15-13-11-9-7-8-10-12-14-16-18-20/h4-19H2,1-3H3. The van der Waals surface area contributed by atoms with Gasteiger partial charge in [0.2, 0.25) is 0 Å². The number of rotatable bonds is 19. The molecule has 0 amide bonds. The molecule has 0 spiro atoms. The molecule has 24 heavy (non-hydrogen) atoms. The van der Waals surface area contributed by atoms with Crippen LogP contribution in [0.5, 0.6) is 0 Å². The largest absolute Gasteiger partial charge is 0.500 e. The predicted octanol–water partition coefficient (Wildman–Crippen LogP) is 6.76. The summed E-state index contributed by atoms with van der Waals surface area (Å²) in [7, 11) is -2.39. The van der Waals surface area contributed by atoms with E-state index in [1.807, 2.05) is 20.8 Å². The second-order valence-electron chi connectivity index (χ2n) is 6.31. The monoisotopic (exact) mass is 472 g/mol. The first-order valence-electron chi connectivity index (χ1n) is 10.2. The van der Waals surface area contributed by atoms with Crippen LogP contribution in [0.3, 0.4) is 0 Å². The Labute approximate surface area is 166 Å². The van der Waals surface area contributed by atoms with Gasteiger partial charge in [0.25, 0.3) is 0 Å². The summed E-state index contributed by atoms with van der Waals surface area (Å²) >= 11 is 2.47. The normalized spacial score (nSPS) is 12.0. The van der Waals surface area contributed by atoms with Crippen molar-refractivity contribution in [3.8, 4) is 0 Å². The Kier molecular flexibility index (Phi) is 19.3. The molecule has 0 bridgehead atoms. The zero-order chi connectivity index (χ0) is 17.9. The van der Waals surface area contributed by atoms with Crippen molar-refractivity contribution in [2.24, 2.45) is 0 Å². The van der Waals surface area contributed by atoms with Gasteiger partial charge in [-0.15, -0.1) is 0 Å². The van der Waals surface area contributed by atoms with E-state index in [-0.39, 0.29) is 0 Å². The molecule has 0 aliphatic rings. The molecule has 5 heteroatoms. The van der Waals surface area contributed by atoms with Crippen molar-refractivity contribution in [1.29, 1.82) is 0 Å². The molecule has 3 nitrogen and oxygen atoms in total. The third kappa shape index (κ3) is 14.0. The molecule has 0 heterocycles. The molecule has 0 N–H and O–H groups in total. The van der Waals surface area contributed by atoms with E-state index in [0.29, 0.717) is 19.8 Å². The van der Waals surface area contributed by atoms with Gasteiger partial charge in [-0.25, -0.2) is 0 Å². The zero-order valence-electron chi connectivity index (χ0n) is 16.4. The lowest BCUT2D eigenvalue weighted by molar-refractivity contribution is 0.0706. The summed E-state index contributed by atoms with van der Waals surface area (Å²) < 4.78 is 19.0. The van der Waals surface area contributed by atoms with Gasteiger partial charge in [0.05, 0.1) is 0 Å². The molecule has 0 saturated carbocycles. The van der Waals surface area contributed by atoms with Crippen LogP contribution in [0, 0.1) is 0 Å². The van der Waals surface area contributed by atoms with Crippen LogP contribution in [0.4, 0.5) is 0 Å². The van der Waals surface area contributed by atoms with Crippen molar-refractivity contribution in [1.82, 2.24) is 0 Å². The lowest BCUT2D eigenvalue weighted by Crippen LogP contribution is -2.45. The van der Waals surface area contributed by atoms with Gasteiger partial charge in [0.1, 0.15) is 0 Å². The fourth-order valence-corrected chi connectivity index (χ4v) is 6.25. The van der Waals surface area contributed by atoms with E-state index < -0.39 is 8.80 Å². The lowest BCUT2D eigenvalue weighted by atomic mass is 10.1. The quantitative estimate of drug-likeness (QED) is 0.0900. The van der Waals surface area contributed by atoms with E-state index in [4.69, 9.17) is 13.3 Å². The van der Waals surface area contributed by atoms with Crippen LogP contribution >= 0.6 is 22.6 Å². The maximum atomic E-state index is 5.90. The van der Waals surface area contributed by atoms with E-state index in [0.717, 1.165) is 6.04 Å². The van der Waals surface area contributed by atoms with E-state index in [2.05, 4.69) is 22.6 Å². The zero-order valence-corrected chi connectivity index (χ0v) is 19.6. The molecule has 0 unspecified atom stereocenters. The van der Waals surface area contributed by atoms with Crippen LogP contribution in [-0.4, -0.2) is 33.1 Å². The fourth-order valence-electron chi connectivity index (χ4n) is 3.03. The van der Waals surface area contributed by atoms with Crippen LogP contribution in [0.25, 0.3) is 0 Å². The van der Waals surface area contributed by atoms with E-state index >= 15 is 0 Å². The molecule has 0 aromatic heterocycles. The Morgan fingerprint density at radius 1 is 0.542 bits per heavy atom. The van der Waals surface area contributed by atoms with Crippen molar-refractivity contribution in [3.05, 3.63) is 0 Å². The molecule has 0 fully saturated rings. The number of alkyl halides is 1. The van der Waals surface area contributed by atoms with Gasteiger partial charge in [-0.1, -0.05) is 80.4 Å². The van der Waals surface area contributed by atoms with Gasteiger partial charge < -0.3 is 13.3 Å². The predicted molar refractivity (Wildman–Crippen MR) is 115 cm³/mol. The Bertz CT molecular complexity index is 238. The summed E-state index contributed by atoms with van der Waals surface area (Å²) in [6.45, 7) is 8.14. The van der Waals surface area contributed by atoms with Crippen molar-refractivity contribution in [2.75, 3.05) is 24.2 Å². The Balaban J connectivity index is 3.60. The molecular formula is C19H41IO3Si. The second kappa shape index (κ2) is 18.6. The average molecular weight is 473 g/mol. The van der Waals surface area contributed by atoms with Gasteiger partial charge in [0, 0.05) is 25.9 Å². The summed E-state index contributed by atoms with van der Waals surface area (Å²) in [5, 5.41) is 0. The van der Waals surface area contributed by atoms with Crippen LogP contribution in [-0.2, 0) is 13.3 Å². The minimum Gasteiger partial charge on any atom is -0.374 e. The lowest BCUT2D eigenvalue weighted by Gasteiger charge is -2.28. The smallest absolute Gasteiger partial charge is 0.374 e. The van der Waals surface area contributed by atoms with E-state index in [1.54, 1.807) is 0 Å². The van der Waals surface area contributed by atoms with Gasteiger partial charge in [-0.2, -0.15) is 0 Å². The third-order valence-electron chi connectivity index (χ3n) is 4.21. The Morgan fingerprint density at radius 3 is 1.21 bits per heavy atom. The van der Waals surface area contributed by atoms with Crippen LogP contribution in [0.15, 0.2) is 0 Å². The molecule has 0 aliphatic carbocycles. The summed E-state index contributed by atoms with van der Waals surface area (Å²) in [4.78, 5) is 0. The Morgan fingerprint density at radius 2 is 0.875 bits per heavy atom. The fraction of sp³-hybridized carbons (Fsp3) is 1.00. The minimum atomic E-state index is -2.39. The number of unbranched alkanes of at least 4 members (excludes halogenated alkanes) is 10. The number of hydrogen-bond donors (Lipinski definition) is 0. The molecule has 0 aliphatic heterocycles. The van der Waals surface area contributed by atoms with Crippen molar-refractivity contribution >= 4 is 31.4 Å². The van der Waals surface area contributed by atoms with Crippen LogP contribution in [0.1, 0.15) is 91.4 Å². The summed E-state index contributed by atoms with van der Waals surface area (Å²) in [6, 6.07) is 0.972. The third-order valence-corrected chi connectivity index (χ3v) is 8.12. The number of halogens is 1. The van der Waals surface area contributed by atoms with Crippen molar-refractivity contribution in [3.63, 3.8) is 0 Å². The molecule has 0 saturated heterocycles. The van der Waals surface area contributed by atoms with Crippen LogP contribution in [0.2, 0.25) is 6.04 Å². The van der Waals surface area contributed by atoms with Gasteiger partial charge in [0.15, 0.2) is 0 Å². The highest BCUT2D eigenvalue weighted by Gasteiger charge is 2.39. The SMILES string of the molecule is CCO[Si](CCCCCCCCCCCCCI)(OCC)OCC. The highest BCUT2D eigenvalue weighted by Crippen LogP contribution is 2.21. The second-order valence-corrected chi connectivity index (χ2v) is 10.1. The van der Waals surface area contributed by atoms with Crippen molar-refractivity contribution in [2.45, 2.75) is 97.4 Å². The van der Waals surface area contributed by atoms with Gasteiger partial charge in [-0.3, -0.25) is 0 Å². The molecular weight excluding hydrogens is 431 g/mol. The Hall–Kier alpha value is 0.827. The van der Waals surface area contributed by atoms with E-state index in [1.165, 1.54) is 75.1 Å². The molecule has 0 radical (unpaired) electrons. The van der Waals surface area contributed by atoms with E-state index in [9.17, 15) is 0 Å². The maximum absolute atomic E-state index is 5.90. The topological polar surface area (TPSA) is 27.7 Å². The molecule has 0 aromatic carbocycles. The van der Waals surface area contributed by atoms with Gasteiger partial charge in [-0.05, 0) is 38.0 Å². The first-order chi connectivity index (χ1) is 11.7. The summed E-state index contributed by atoms with van der Waals surface area (Å²) in [5.41, 5.74) is 0.